The van der Waals surface area contributed by atoms with Gasteiger partial charge >= 0.3 is 6.18 Å². The monoisotopic (exact) mass is 318 g/mol. The van der Waals surface area contributed by atoms with Crippen LogP contribution >= 0.6 is 11.3 Å². The predicted octanol–water partition coefficient (Wildman–Crippen LogP) is 4.62. The third-order valence-corrected chi connectivity index (χ3v) is 3.92. The first-order valence-corrected chi connectivity index (χ1v) is 7.26. The lowest BCUT2D eigenvalue weighted by atomic mass is 10.1. The molecule has 0 bridgehead atoms. The molecule has 0 spiro atoms. The Kier molecular flexibility index (Phi) is 4.17. The summed E-state index contributed by atoms with van der Waals surface area (Å²) < 4.78 is 44.5. The summed E-state index contributed by atoms with van der Waals surface area (Å²) in [5, 5.41) is 3.40. The van der Waals surface area contributed by atoms with Gasteiger partial charge in [0.25, 0.3) is 0 Å². The van der Waals surface area contributed by atoms with Crippen molar-refractivity contribution < 1.29 is 17.6 Å². The van der Waals surface area contributed by atoms with Gasteiger partial charge in [0, 0.05) is 12.1 Å². The molecule has 0 atom stereocenters. The minimum absolute atomic E-state index is 0.132. The van der Waals surface area contributed by atoms with Gasteiger partial charge in [0.2, 0.25) is 0 Å². The smallest absolute Gasteiger partial charge is 0.434 e. The van der Waals surface area contributed by atoms with Gasteiger partial charge in [-0.25, -0.2) is 4.98 Å². The first kappa shape index (κ1) is 16.0. The van der Waals surface area contributed by atoms with Crippen molar-refractivity contribution in [2.24, 2.45) is 0 Å². The van der Waals surface area contributed by atoms with Crippen LogP contribution in [-0.2, 0) is 12.7 Å². The number of rotatable bonds is 3. The van der Waals surface area contributed by atoms with Crippen molar-refractivity contribution in [3.8, 4) is 10.6 Å². The van der Waals surface area contributed by atoms with E-state index in [1.807, 2.05) is 20.8 Å². The summed E-state index contributed by atoms with van der Waals surface area (Å²) in [4.78, 5) is 3.97. The normalized spacial score (nSPS) is 12.9. The quantitative estimate of drug-likeness (QED) is 0.897. The molecule has 3 nitrogen and oxygen atoms in total. The van der Waals surface area contributed by atoms with Crippen molar-refractivity contribution in [1.29, 1.82) is 0 Å². The fraction of sp³-hybridized carbons (Fsp3) is 0.500. The molecule has 2 rings (SSSR count). The highest BCUT2D eigenvalue weighted by atomic mass is 32.1. The zero-order valence-electron chi connectivity index (χ0n) is 12.3. The molecule has 1 N–H and O–H groups in total. The summed E-state index contributed by atoms with van der Waals surface area (Å²) in [5.41, 5.74) is -0.481. The molecule has 7 heteroatoms. The van der Waals surface area contributed by atoms with Crippen LogP contribution in [0.5, 0.6) is 0 Å². The van der Waals surface area contributed by atoms with Crippen molar-refractivity contribution in [2.75, 3.05) is 0 Å². The van der Waals surface area contributed by atoms with E-state index in [-0.39, 0.29) is 17.0 Å². The van der Waals surface area contributed by atoms with Gasteiger partial charge in [0.05, 0.1) is 16.7 Å². The van der Waals surface area contributed by atoms with Crippen LogP contribution in [0.1, 0.15) is 37.1 Å². The number of alkyl halides is 3. The van der Waals surface area contributed by atoms with Gasteiger partial charge in [-0.05, 0) is 33.8 Å². The molecule has 0 aliphatic heterocycles. The molecule has 0 fully saturated rings. The van der Waals surface area contributed by atoms with E-state index < -0.39 is 11.9 Å². The summed E-state index contributed by atoms with van der Waals surface area (Å²) >= 11 is 1.05. The fourth-order valence-corrected chi connectivity index (χ4v) is 2.85. The van der Waals surface area contributed by atoms with Crippen molar-refractivity contribution in [2.45, 2.75) is 46.0 Å². The SMILES string of the molecule is Cc1occc1-c1nc(C(F)(F)F)c(CNC(C)(C)C)s1. The number of nitrogens with zero attached hydrogens (tertiary/aromatic N) is 1. The Morgan fingerprint density at radius 3 is 2.43 bits per heavy atom. The maximum atomic E-state index is 13.1. The Hall–Kier alpha value is -1.34. The molecule has 0 unspecified atom stereocenters. The van der Waals surface area contributed by atoms with E-state index in [4.69, 9.17) is 4.42 Å². The molecule has 0 aromatic carbocycles. The van der Waals surface area contributed by atoms with E-state index in [1.54, 1.807) is 13.0 Å². The average molecular weight is 318 g/mol. The van der Waals surface area contributed by atoms with Crippen LogP contribution in [0.2, 0.25) is 0 Å². The van der Waals surface area contributed by atoms with Crippen LogP contribution in [0.15, 0.2) is 16.7 Å². The van der Waals surface area contributed by atoms with Crippen LogP contribution < -0.4 is 5.32 Å². The largest absolute Gasteiger partial charge is 0.469 e. The lowest BCUT2D eigenvalue weighted by Crippen LogP contribution is -2.35. The van der Waals surface area contributed by atoms with Crippen molar-refractivity contribution in [3.05, 3.63) is 28.7 Å². The molecule has 2 aromatic rings. The first-order valence-electron chi connectivity index (χ1n) is 6.44. The molecule has 21 heavy (non-hydrogen) atoms. The van der Waals surface area contributed by atoms with Gasteiger partial charge in [-0.1, -0.05) is 0 Å². The molecule has 0 saturated carbocycles. The third kappa shape index (κ3) is 3.85. The average Bonchev–Trinajstić information content (AvgIpc) is 2.90. The molecule has 0 radical (unpaired) electrons. The molecule has 2 aromatic heterocycles. The van der Waals surface area contributed by atoms with E-state index in [1.165, 1.54) is 6.26 Å². The Morgan fingerprint density at radius 2 is 1.95 bits per heavy atom. The number of hydrogen-bond acceptors (Lipinski definition) is 4. The van der Waals surface area contributed by atoms with Crippen LogP contribution in [0.25, 0.3) is 10.6 Å². The molecular formula is C14H17F3N2OS. The zero-order valence-corrected chi connectivity index (χ0v) is 13.1. The fourth-order valence-electron chi connectivity index (χ4n) is 1.76. The van der Waals surface area contributed by atoms with E-state index in [9.17, 15) is 13.2 Å². The zero-order chi connectivity index (χ0) is 15.8. The molecule has 0 aliphatic carbocycles. The van der Waals surface area contributed by atoms with Gasteiger partial charge in [0.15, 0.2) is 5.69 Å². The Morgan fingerprint density at radius 1 is 1.29 bits per heavy atom. The summed E-state index contributed by atoms with van der Waals surface area (Å²) in [7, 11) is 0. The highest BCUT2D eigenvalue weighted by Crippen LogP contribution is 2.38. The summed E-state index contributed by atoms with van der Waals surface area (Å²) in [6.45, 7) is 7.55. The standard InChI is InChI=1S/C14H17F3N2OS/c1-8-9(5-6-20-8)12-19-11(14(15,16)17)10(21-12)7-18-13(2,3)4/h5-6,18H,7H2,1-4H3. The lowest BCUT2D eigenvalue weighted by molar-refractivity contribution is -0.141. The molecular weight excluding hydrogens is 301 g/mol. The van der Waals surface area contributed by atoms with Crippen LogP contribution in [0, 0.1) is 6.92 Å². The molecule has 116 valence electrons. The van der Waals surface area contributed by atoms with Crippen LogP contribution in [0.3, 0.4) is 0 Å². The number of furan rings is 1. The highest BCUT2D eigenvalue weighted by Gasteiger charge is 2.37. The summed E-state index contributed by atoms with van der Waals surface area (Å²) in [5.74, 6) is 0.563. The first-order chi connectivity index (χ1) is 9.58. The molecule has 0 amide bonds. The van der Waals surface area contributed by atoms with Gasteiger partial charge in [-0.3, -0.25) is 0 Å². The number of aryl methyl sites for hydroxylation is 1. The topological polar surface area (TPSA) is 38.1 Å². The second-order valence-electron chi connectivity index (χ2n) is 5.78. The maximum absolute atomic E-state index is 13.1. The van der Waals surface area contributed by atoms with Crippen molar-refractivity contribution in [3.63, 3.8) is 0 Å². The number of aromatic nitrogens is 1. The number of halogens is 3. The number of nitrogens with one attached hydrogen (secondary N) is 1. The van der Waals surface area contributed by atoms with E-state index in [0.29, 0.717) is 16.3 Å². The minimum Gasteiger partial charge on any atom is -0.469 e. The minimum atomic E-state index is -4.46. The van der Waals surface area contributed by atoms with E-state index in [2.05, 4.69) is 10.3 Å². The van der Waals surface area contributed by atoms with Crippen LogP contribution in [0.4, 0.5) is 13.2 Å². The van der Waals surface area contributed by atoms with Gasteiger partial charge in [-0.15, -0.1) is 11.3 Å². The second kappa shape index (κ2) is 5.46. The summed E-state index contributed by atoms with van der Waals surface area (Å²) in [6, 6.07) is 1.63. The third-order valence-electron chi connectivity index (χ3n) is 2.83. The lowest BCUT2D eigenvalue weighted by Gasteiger charge is -2.20. The number of hydrogen-bond donors (Lipinski definition) is 1. The molecule has 2 heterocycles. The van der Waals surface area contributed by atoms with Crippen LogP contribution in [-0.4, -0.2) is 10.5 Å². The van der Waals surface area contributed by atoms with Crippen molar-refractivity contribution >= 4 is 11.3 Å². The van der Waals surface area contributed by atoms with E-state index in [0.717, 1.165) is 11.3 Å². The van der Waals surface area contributed by atoms with Gasteiger partial charge in [-0.2, -0.15) is 13.2 Å². The highest BCUT2D eigenvalue weighted by molar-refractivity contribution is 7.15. The number of thiazole rings is 1. The molecule has 0 saturated heterocycles. The molecule has 0 aliphatic rings. The summed E-state index contributed by atoms with van der Waals surface area (Å²) in [6.07, 6.45) is -3.01. The van der Waals surface area contributed by atoms with Crippen molar-refractivity contribution in [1.82, 2.24) is 10.3 Å². The second-order valence-corrected chi connectivity index (χ2v) is 6.87. The van der Waals surface area contributed by atoms with E-state index >= 15 is 0 Å². The van der Waals surface area contributed by atoms with Gasteiger partial charge < -0.3 is 9.73 Å². The van der Waals surface area contributed by atoms with Gasteiger partial charge in [0.1, 0.15) is 10.8 Å². The Labute approximate surface area is 125 Å². The Bertz CT molecular complexity index is 623. The Balaban J connectivity index is 2.39. The predicted molar refractivity (Wildman–Crippen MR) is 76.1 cm³/mol. The maximum Gasteiger partial charge on any atom is 0.434 e.